The molecular weight excluding hydrogens is 222 g/mol. The fraction of sp³-hybridized carbons (Fsp3) is 0.250. The number of nitrogen functional groups attached to an aromatic ring is 1. The zero-order valence-electron chi connectivity index (χ0n) is 11.1. The number of anilines is 1. The van der Waals surface area contributed by atoms with Crippen LogP contribution in [-0.2, 0) is 0 Å². The SMILES string of the molecule is Cc1cc(N)ccc1Oc1ccccc1C(C)C. The highest BCUT2D eigenvalue weighted by Gasteiger charge is 2.09. The van der Waals surface area contributed by atoms with Crippen LogP contribution in [0.15, 0.2) is 42.5 Å². The third kappa shape index (κ3) is 2.65. The molecule has 0 aliphatic heterocycles. The smallest absolute Gasteiger partial charge is 0.130 e. The van der Waals surface area contributed by atoms with Crippen LogP contribution in [0.5, 0.6) is 11.5 Å². The van der Waals surface area contributed by atoms with Gasteiger partial charge in [-0.05, 0) is 48.2 Å². The van der Waals surface area contributed by atoms with Crippen LogP contribution in [0, 0.1) is 6.92 Å². The summed E-state index contributed by atoms with van der Waals surface area (Å²) in [7, 11) is 0. The van der Waals surface area contributed by atoms with Crippen molar-refractivity contribution in [1.82, 2.24) is 0 Å². The van der Waals surface area contributed by atoms with E-state index in [0.717, 1.165) is 22.7 Å². The Hall–Kier alpha value is -1.96. The van der Waals surface area contributed by atoms with Gasteiger partial charge in [-0.3, -0.25) is 0 Å². The lowest BCUT2D eigenvalue weighted by molar-refractivity contribution is 0.469. The van der Waals surface area contributed by atoms with Crippen molar-refractivity contribution < 1.29 is 4.74 Å². The number of hydrogen-bond donors (Lipinski definition) is 1. The van der Waals surface area contributed by atoms with E-state index in [1.54, 1.807) is 0 Å². The van der Waals surface area contributed by atoms with Crippen LogP contribution in [0.25, 0.3) is 0 Å². The van der Waals surface area contributed by atoms with E-state index >= 15 is 0 Å². The molecule has 94 valence electrons. The minimum atomic E-state index is 0.440. The Balaban J connectivity index is 2.34. The predicted molar refractivity (Wildman–Crippen MR) is 76.2 cm³/mol. The van der Waals surface area contributed by atoms with Crippen molar-refractivity contribution in [3.8, 4) is 11.5 Å². The molecule has 2 nitrogen and oxygen atoms in total. The minimum Gasteiger partial charge on any atom is -0.457 e. The van der Waals surface area contributed by atoms with Gasteiger partial charge in [0, 0.05) is 5.69 Å². The molecule has 0 radical (unpaired) electrons. The van der Waals surface area contributed by atoms with Gasteiger partial charge in [-0.1, -0.05) is 32.0 Å². The first-order valence-electron chi connectivity index (χ1n) is 6.21. The Morgan fingerprint density at radius 2 is 1.72 bits per heavy atom. The molecule has 0 spiro atoms. The lowest BCUT2D eigenvalue weighted by atomic mass is 10.0. The molecule has 0 heterocycles. The minimum absolute atomic E-state index is 0.440. The van der Waals surface area contributed by atoms with Gasteiger partial charge in [-0.25, -0.2) is 0 Å². The van der Waals surface area contributed by atoms with Crippen molar-refractivity contribution >= 4 is 5.69 Å². The van der Waals surface area contributed by atoms with Crippen molar-refractivity contribution in [3.63, 3.8) is 0 Å². The first-order chi connectivity index (χ1) is 8.58. The molecule has 18 heavy (non-hydrogen) atoms. The maximum atomic E-state index is 6.00. The maximum absolute atomic E-state index is 6.00. The molecule has 0 unspecified atom stereocenters. The molecule has 0 amide bonds. The van der Waals surface area contributed by atoms with Crippen molar-refractivity contribution in [2.75, 3.05) is 5.73 Å². The van der Waals surface area contributed by atoms with E-state index in [1.165, 1.54) is 5.56 Å². The van der Waals surface area contributed by atoms with E-state index in [4.69, 9.17) is 10.5 Å². The highest BCUT2D eigenvalue weighted by atomic mass is 16.5. The highest BCUT2D eigenvalue weighted by molar-refractivity contribution is 5.49. The van der Waals surface area contributed by atoms with E-state index in [0.29, 0.717) is 5.92 Å². The number of hydrogen-bond acceptors (Lipinski definition) is 2. The van der Waals surface area contributed by atoms with Gasteiger partial charge in [-0.2, -0.15) is 0 Å². The number of benzene rings is 2. The summed E-state index contributed by atoms with van der Waals surface area (Å²) in [5.74, 6) is 2.22. The molecular formula is C16H19NO. The van der Waals surface area contributed by atoms with Gasteiger partial charge in [0.15, 0.2) is 0 Å². The fourth-order valence-corrected chi connectivity index (χ4v) is 1.96. The van der Waals surface area contributed by atoms with Crippen molar-refractivity contribution in [1.29, 1.82) is 0 Å². The molecule has 2 heteroatoms. The van der Waals surface area contributed by atoms with E-state index in [-0.39, 0.29) is 0 Å². The number of rotatable bonds is 3. The summed E-state index contributed by atoms with van der Waals surface area (Å²) in [6, 6.07) is 13.8. The second kappa shape index (κ2) is 5.13. The first kappa shape index (κ1) is 12.5. The summed E-state index contributed by atoms with van der Waals surface area (Å²) in [6.07, 6.45) is 0. The molecule has 0 saturated heterocycles. The van der Waals surface area contributed by atoms with Gasteiger partial charge in [-0.15, -0.1) is 0 Å². The third-order valence-electron chi connectivity index (χ3n) is 2.96. The third-order valence-corrected chi connectivity index (χ3v) is 2.96. The Labute approximate surface area is 108 Å². The fourth-order valence-electron chi connectivity index (χ4n) is 1.96. The lowest BCUT2D eigenvalue weighted by Crippen LogP contribution is -1.95. The van der Waals surface area contributed by atoms with Crippen molar-refractivity contribution in [2.45, 2.75) is 26.7 Å². The Kier molecular flexibility index (Phi) is 3.56. The molecule has 0 aliphatic carbocycles. The number of para-hydroxylation sites is 1. The van der Waals surface area contributed by atoms with Crippen LogP contribution >= 0.6 is 0 Å². The van der Waals surface area contributed by atoms with Crippen molar-refractivity contribution in [2.24, 2.45) is 0 Å². The molecule has 0 fully saturated rings. The van der Waals surface area contributed by atoms with E-state index in [2.05, 4.69) is 19.9 Å². The summed E-state index contributed by atoms with van der Waals surface area (Å²) in [6.45, 7) is 6.33. The number of ether oxygens (including phenoxy) is 1. The second-order valence-corrected chi connectivity index (χ2v) is 4.82. The Morgan fingerprint density at radius 3 is 2.39 bits per heavy atom. The zero-order valence-corrected chi connectivity index (χ0v) is 11.1. The average molecular weight is 241 g/mol. The maximum Gasteiger partial charge on any atom is 0.130 e. The van der Waals surface area contributed by atoms with Crippen molar-refractivity contribution in [3.05, 3.63) is 53.6 Å². The zero-order chi connectivity index (χ0) is 13.1. The van der Waals surface area contributed by atoms with Gasteiger partial charge >= 0.3 is 0 Å². The Morgan fingerprint density at radius 1 is 1.00 bits per heavy atom. The normalized spacial score (nSPS) is 10.7. The standard InChI is InChI=1S/C16H19NO/c1-11(2)14-6-4-5-7-16(14)18-15-9-8-13(17)10-12(15)3/h4-11H,17H2,1-3H3. The van der Waals surface area contributed by atoms with Gasteiger partial charge in [0.25, 0.3) is 0 Å². The predicted octanol–water partition coefficient (Wildman–Crippen LogP) is 4.49. The van der Waals surface area contributed by atoms with Crippen LogP contribution in [0.1, 0.15) is 30.9 Å². The average Bonchev–Trinajstić information content (AvgIpc) is 2.33. The summed E-state index contributed by atoms with van der Waals surface area (Å²) >= 11 is 0. The van der Waals surface area contributed by atoms with E-state index in [9.17, 15) is 0 Å². The molecule has 2 N–H and O–H groups in total. The van der Waals surface area contributed by atoms with Gasteiger partial charge in [0.1, 0.15) is 11.5 Å². The molecule has 2 aromatic carbocycles. The molecule has 0 atom stereocenters. The second-order valence-electron chi connectivity index (χ2n) is 4.82. The highest BCUT2D eigenvalue weighted by Crippen LogP contribution is 2.32. The summed E-state index contributed by atoms with van der Waals surface area (Å²) in [4.78, 5) is 0. The van der Waals surface area contributed by atoms with Gasteiger partial charge in [0.2, 0.25) is 0 Å². The molecule has 0 bridgehead atoms. The largest absolute Gasteiger partial charge is 0.457 e. The van der Waals surface area contributed by atoms with E-state index in [1.807, 2.05) is 43.3 Å². The van der Waals surface area contributed by atoms with Crippen LogP contribution in [0.2, 0.25) is 0 Å². The molecule has 0 aromatic heterocycles. The van der Waals surface area contributed by atoms with Crippen LogP contribution in [0.4, 0.5) is 5.69 Å². The molecule has 0 saturated carbocycles. The molecule has 2 aromatic rings. The molecule has 2 rings (SSSR count). The summed E-state index contributed by atoms with van der Waals surface area (Å²) in [5.41, 5.74) is 8.77. The van der Waals surface area contributed by atoms with Gasteiger partial charge in [0.05, 0.1) is 0 Å². The number of nitrogens with two attached hydrogens (primary N) is 1. The summed E-state index contributed by atoms with van der Waals surface area (Å²) < 4.78 is 6.00. The van der Waals surface area contributed by atoms with Crippen LogP contribution < -0.4 is 10.5 Å². The quantitative estimate of drug-likeness (QED) is 0.803. The van der Waals surface area contributed by atoms with Gasteiger partial charge < -0.3 is 10.5 Å². The topological polar surface area (TPSA) is 35.2 Å². The first-order valence-corrected chi connectivity index (χ1v) is 6.21. The number of aryl methyl sites for hydroxylation is 1. The molecule has 0 aliphatic rings. The monoisotopic (exact) mass is 241 g/mol. The Bertz CT molecular complexity index is 547. The van der Waals surface area contributed by atoms with Crippen LogP contribution in [0.3, 0.4) is 0 Å². The lowest BCUT2D eigenvalue weighted by Gasteiger charge is -2.15. The summed E-state index contributed by atoms with van der Waals surface area (Å²) in [5, 5.41) is 0. The van der Waals surface area contributed by atoms with Crippen LogP contribution in [-0.4, -0.2) is 0 Å². The van der Waals surface area contributed by atoms with E-state index < -0.39 is 0 Å².